The van der Waals surface area contributed by atoms with Gasteiger partial charge < -0.3 is 9.84 Å². The van der Waals surface area contributed by atoms with E-state index in [9.17, 15) is 18.3 Å². The van der Waals surface area contributed by atoms with Crippen molar-refractivity contribution in [1.29, 1.82) is 0 Å². The van der Waals surface area contributed by atoms with Gasteiger partial charge in [-0.05, 0) is 66.8 Å². The molecule has 38 heavy (non-hydrogen) atoms. The van der Waals surface area contributed by atoms with Gasteiger partial charge in [0.25, 0.3) is 0 Å². The molecule has 1 N–H and O–H groups in total. The number of para-hydroxylation sites is 1. The normalized spacial score (nSPS) is 17.9. The second kappa shape index (κ2) is 9.85. The molecule has 0 fully saturated rings. The Morgan fingerprint density at radius 1 is 1.16 bits per heavy atom. The first-order valence-electron chi connectivity index (χ1n) is 12.4. The molecule has 0 spiro atoms. The predicted octanol–water partition coefficient (Wildman–Crippen LogP) is 4.16. The Morgan fingerprint density at radius 3 is 2.68 bits per heavy atom. The molecule has 0 aliphatic carbocycles. The number of aryl methyl sites for hydroxylation is 3. The maximum atomic E-state index is 13.6. The molecule has 1 aromatic heterocycles. The van der Waals surface area contributed by atoms with Gasteiger partial charge in [0.2, 0.25) is 10.0 Å². The molecule has 2 atom stereocenters. The van der Waals surface area contributed by atoms with Crippen LogP contribution in [0.25, 0.3) is 11.0 Å². The molecular formula is C28H30N4O5S. The van der Waals surface area contributed by atoms with Gasteiger partial charge in [0.05, 0.1) is 18.5 Å². The van der Waals surface area contributed by atoms with Crippen LogP contribution in [0.3, 0.4) is 0 Å². The molecule has 9 nitrogen and oxygen atoms in total. The smallest absolute Gasteiger partial charge is 0.304 e. The number of sulfonamides is 1. The topological polar surface area (TPSA) is 115 Å². The number of fused-ring (bicyclic) bond motifs is 2. The molecule has 0 saturated heterocycles. The molecule has 0 radical (unpaired) electrons. The maximum Gasteiger partial charge on any atom is 0.304 e. The van der Waals surface area contributed by atoms with Crippen molar-refractivity contribution in [3.63, 3.8) is 0 Å². The minimum Gasteiger partial charge on any atom is -0.488 e. The van der Waals surface area contributed by atoms with Crippen LogP contribution >= 0.6 is 0 Å². The fourth-order valence-corrected chi connectivity index (χ4v) is 6.78. The largest absolute Gasteiger partial charge is 0.488 e. The number of rotatable bonds is 6. The molecule has 0 amide bonds. The summed E-state index contributed by atoms with van der Waals surface area (Å²) in [6, 6.07) is 16.3. The van der Waals surface area contributed by atoms with Crippen molar-refractivity contribution in [2.45, 2.75) is 50.7 Å². The third kappa shape index (κ3) is 4.65. The van der Waals surface area contributed by atoms with Gasteiger partial charge >= 0.3 is 5.97 Å². The van der Waals surface area contributed by atoms with E-state index in [2.05, 4.69) is 10.3 Å². The third-order valence-electron chi connectivity index (χ3n) is 7.21. The van der Waals surface area contributed by atoms with E-state index >= 15 is 0 Å². The van der Waals surface area contributed by atoms with Crippen LogP contribution in [-0.2, 0) is 28.4 Å². The fraction of sp³-hybridized carbons (Fsp3) is 0.321. The third-order valence-corrected chi connectivity index (χ3v) is 9.06. The van der Waals surface area contributed by atoms with E-state index in [0.29, 0.717) is 5.75 Å². The number of hydrogen-bond donors (Lipinski definition) is 1. The molecule has 10 heteroatoms. The van der Waals surface area contributed by atoms with E-state index in [-0.39, 0.29) is 30.5 Å². The molecule has 3 aromatic carbocycles. The number of aromatic nitrogens is 3. The van der Waals surface area contributed by atoms with E-state index in [1.54, 1.807) is 28.9 Å². The van der Waals surface area contributed by atoms with Gasteiger partial charge in [-0.15, -0.1) is 5.10 Å². The van der Waals surface area contributed by atoms with Crippen molar-refractivity contribution in [2.75, 3.05) is 6.54 Å². The van der Waals surface area contributed by atoms with Crippen LogP contribution in [0.5, 0.6) is 5.75 Å². The summed E-state index contributed by atoms with van der Waals surface area (Å²) in [4.78, 5) is 12.1. The summed E-state index contributed by atoms with van der Waals surface area (Å²) < 4.78 is 36.2. The highest BCUT2D eigenvalue weighted by Gasteiger charge is 2.33. The zero-order valence-electron chi connectivity index (χ0n) is 21.7. The minimum atomic E-state index is -3.80. The molecule has 4 aromatic rings. The monoisotopic (exact) mass is 534 g/mol. The molecule has 198 valence electrons. The molecule has 0 unspecified atom stereocenters. The summed E-state index contributed by atoms with van der Waals surface area (Å²) in [6.07, 6.45) is -0.451. The van der Waals surface area contributed by atoms with Crippen LogP contribution in [0.1, 0.15) is 47.1 Å². The zero-order valence-corrected chi connectivity index (χ0v) is 22.6. The lowest BCUT2D eigenvalue weighted by Gasteiger charge is -2.24. The van der Waals surface area contributed by atoms with Gasteiger partial charge in [0.1, 0.15) is 22.3 Å². The maximum absolute atomic E-state index is 13.6. The lowest BCUT2D eigenvalue weighted by molar-refractivity contribution is -0.137. The SMILES string of the molecule is Cc1ccc([C@@H](CC(=O)O)c2ccc3c(nnn3C)c2C)cc1CN1C[C@@H](C)Oc2ccccc2S1(=O)=O. The number of carbonyl (C=O) groups is 1. The number of aliphatic carboxylic acids is 1. The molecule has 1 aliphatic rings. The summed E-state index contributed by atoms with van der Waals surface area (Å²) >= 11 is 0. The van der Waals surface area contributed by atoms with Gasteiger partial charge in [-0.3, -0.25) is 4.79 Å². The quantitative estimate of drug-likeness (QED) is 0.395. The Kier molecular flexibility index (Phi) is 6.70. The van der Waals surface area contributed by atoms with Crippen molar-refractivity contribution in [3.05, 3.63) is 82.4 Å². The van der Waals surface area contributed by atoms with Gasteiger partial charge in [-0.25, -0.2) is 13.1 Å². The van der Waals surface area contributed by atoms with Crippen LogP contribution in [0.4, 0.5) is 0 Å². The Hall–Kier alpha value is -3.76. The number of nitrogens with zero attached hydrogens (tertiary/aromatic N) is 4. The van der Waals surface area contributed by atoms with Crippen LogP contribution < -0.4 is 4.74 Å². The number of hydrogen-bond acceptors (Lipinski definition) is 6. The molecular weight excluding hydrogens is 504 g/mol. The molecule has 1 aliphatic heterocycles. The Labute approximate surface area is 221 Å². The van der Waals surface area contributed by atoms with Crippen LogP contribution in [0, 0.1) is 13.8 Å². The zero-order chi connectivity index (χ0) is 27.2. The van der Waals surface area contributed by atoms with Crippen LogP contribution in [0.15, 0.2) is 59.5 Å². The highest BCUT2D eigenvalue weighted by molar-refractivity contribution is 7.89. The van der Waals surface area contributed by atoms with Crippen molar-refractivity contribution in [3.8, 4) is 5.75 Å². The summed E-state index contributed by atoms with van der Waals surface area (Å²) in [6.45, 7) is 6.05. The standard InChI is InChI=1S/C28H30N4O5S/c1-17-9-10-20(23(14-27(33)34)22-11-12-24-28(19(22)3)29-30-31(24)4)13-21(17)16-32-15-18(2)37-25-7-5-6-8-26(25)38(32,35)36/h5-13,18,23H,14-16H2,1-4H3,(H,33,34)/t18-,23-/m1/s1. The molecule has 2 heterocycles. The minimum absolute atomic E-state index is 0.116. The number of carboxylic acids is 1. The summed E-state index contributed by atoms with van der Waals surface area (Å²) in [7, 11) is -1.99. The second-order valence-corrected chi connectivity index (χ2v) is 11.8. The molecule has 5 rings (SSSR count). The van der Waals surface area contributed by atoms with Crippen LogP contribution in [-0.4, -0.2) is 51.4 Å². The van der Waals surface area contributed by atoms with Gasteiger partial charge in [0, 0.05) is 19.5 Å². The van der Waals surface area contributed by atoms with E-state index < -0.39 is 21.9 Å². The van der Waals surface area contributed by atoms with Crippen molar-refractivity contribution in [2.24, 2.45) is 7.05 Å². The summed E-state index contributed by atoms with van der Waals surface area (Å²) in [5.41, 5.74) is 5.87. The van der Waals surface area contributed by atoms with Crippen LogP contribution in [0.2, 0.25) is 0 Å². The number of ether oxygens (including phenoxy) is 1. The van der Waals surface area contributed by atoms with E-state index in [1.807, 2.05) is 58.2 Å². The molecule has 0 saturated carbocycles. The average Bonchev–Trinajstić information content (AvgIpc) is 3.21. The van der Waals surface area contributed by atoms with E-state index in [4.69, 9.17) is 4.74 Å². The van der Waals surface area contributed by atoms with Crippen molar-refractivity contribution < 1.29 is 23.1 Å². The lowest BCUT2D eigenvalue weighted by Crippen LogP contribution is -2.35. The number of benzene rings is 3. The Balaban J connectivity index is 1.56. The Morgan fingerprint density at radius 2 is 1.92 bits per heavy atom. The first-order valence-corrected chi connectivity index (χ1v) is 13.9. The fourth-order valence-electron chi connectivity index (χ4n) is 5.16. The molecule has 0 bridgehead atoms. The Bertz CT molecular complexity index is 1650. The number of carboxylic acid groups (broad SMARTS) is 1. The second-order valence-electron chi connectivity index (χ2n) is 9.87. The van der Waals surface area contributed by atoms with Gasteiger partial charge in [0.15, 0.2) is 0 Å². The highest BCUT2D eigenvalue weighted by atomic mass is 32.2. The van der Waals surface area contributed by atoms with Crippen molar-refractivity contribution in [1.82, 2.24) is 19.3 Å². The van der Waals surface area contributed by atoms with Gasteiger partial charge in [-0.1, -0.05) is 41.6 Å². The lowest BCUT2D eigenvalue weighted by atomic mass is 9.84. The first-order chi connectivity index (χ1) is 18.1. The predicted molar refractivity (Wildman–Crippen MR) is 143 cm³/mol. The van der Waals surface area contributed by atoms with Gasteiger partial charge in [-0.2, -0.15) is 4.31 Å². The summed E-state index contributed by atoms with van der Waals surface area (Å²) in [5.74, 6) is -1.01. The van der Waals surface area contributed by atoms with E-state index in [0.717, 1.165) is 38.9 Å². The van der Waals surface area contributed by atoms with E-state index in [1.165, 1.54) is 4.31 Å². The average molecular weight is 535 g/mol. The first kappa shape index (κ1) is 25.9. The highest BCUT2D eigenvalue weighted by Crippen LogP contribution is 2.36. The summed E-state index contributed by atoms with van der Waals surface area (Å²) in [5, 5.41) is 18.2. The van der Waals surface area contributed by atoms with Crippen molar-refractivity contribution >= 4 is 27.0 Å².